The molecule has 146 valence electrons. The Morgan fingerprint density at radius 1 is 0.800 bits per heavy atom. The Balaban J connectivity index is 4.07. The Kier molecular flexibility index (Phi) is 9.11. The van der Waals surface area contributed by atoms with Gasteiger partial charge in [0.05, 0.1) is 24.2 Å². The lowest BCUT2D eigenvalue weighted by Gasteiger charge is -2.24. The first-order chi connectivity index (χ1) is 11.2. The second-order valence-electron chi connectivity index (χ2n) is 7.86. The molecule has 0 N–H and O–H groups in total. The van der Waals surface area contributed by atoms with Crippen LogP contribution in [0.5, 0.6) is 0 Å². The van der Waals surface area contributed by atoms with E-state index in [1.165, 1.54) is 6.92 Å². The molecule has 0 amide bonds. The molecule has 2 atom stereocenters. The van der Waals surface area contributed by atoms with Crippen LogP contribution in [0, 0.1) is 5.41 Å². The number of hydrogen-bond donors (Lipinski definition) is 0. The van der Waals surface area contributed by atoms with Gasteiger partial charge < -0.3 is 18.9 Å². The van der Waals surface area contributed by atoms with Crippen molar-refractivity contribution in [2.75, 3.05) is 13.2 Å². The summed E-state index contributed by atoms with van der Waals surface area (Å²) in [6.45, 7) is 14.0. The van der Waals surface area contributed by atoms with Crippen molar-refractivity contribution in [3.63, 3.8) is 0 Å². The maximum absolute atomic E-state index is 11.9. The summed E-state index contributed by atoms with van der Waals surface area (Å²) in [7, 11) is 0. The van der Waals surface area contributed by atoms with Crippen molar-refractivity contribution >= 4 is 17.9 Å². The van der Waals surface area contributed by atoms with Gasteiger partial charge in [-0.05, 0) is 55.4 Å². The fourth-order valence-electron chi connectivity index (χ4n) is 1.63. The minimum Gasteiger partial charge on any atom is -0.465 e. The second kappa shape index (κ2) is 9.75. The van der Waals surface area contributed by atoms with Gasteiger partial charge in [-0.3, -0.25) is 4.79 Å². The summed E-state index contributed by atoms with van der Waals surface area (Å²) in [5.41, 5.74) is -1.06. The standard InChI is InChI=1S/C18H32O7/c1-12(24-15(20)13(2)25-18(6,7)8)14(19)22-10-9-11-23-16(21)17(3,4)5/h12-13H,9-11H2,1-8H3. The lowest BCUT2D eigenvalue weighted by molar-refractivity contribution is -0.178. The molecule has 0 aromatic carbocycles. The van der Waals surface area contributed by atoms with Crippen molar-refractivity contribution in [3.8, 4) is 0 Å². The summed E-state index contributed by atoms with van der Waals surface area (Å²) < 4.78 is 20.6. The van der Waals surface area contributed by atoms with Gasteiger partial charge in [-0.15, -0.1) is 0 Å². The minimum absolute atomic E-state index is 0.0756. The number of esters is 3. The first kappa shape index (κ1) is 23.4. The van der Waals surface area contributed by atoms with Gasteiger partial charge in [0.25, 0.3) is 0 Å². The number of ether oxygens (including phenoxy) is 4. The molecule has 0 heterocycles. The topological polar surface area (TPSA) is 88.1 Å². The first-order valence-corrected chi connectivity index (χ1v) is 8.46. The van der Waals surface area contributed by atoms with Crippen molar-refractivity contribution in [2.45, 2.75) is 79.6 Å². The van der Waals surface area contributed by atoms with Crippen LogP contribution >= 0.6 is 0 Å². The largest absolute Gasteiger partial charge is 0.465 e. The summed E-state index contributed by atoms with van der Waals surface area (Å²) in [6.07, 6.45) is -1.44. The number of rotatable bonds is 8. The Morgan fingerprint density at radius 2 is 1.32 bits per heavy atom. The third-order valence-corrected chi connectivity index (χ3v) is 2.87. The van der Waals surface area contributed by atoms with Gasteiger partial charge in [0.1, 0.15) is 0 Å². The monoisotopic (exact) mass is 360 g/mol. The average Bonchev–Trinajstić information content (AvgIpc) is 2.43. The van der Waals surface area contributed by atoms with Crippen LogP contribution in [0.3, 0.4) is 0 Å². The molecule has 25 heavy (non-hydrogen) atoms. The number of carbonyl (C=O) groups is 3. The molecule has 0 aromatic rings. The molecule has 0 aliphatic heterocycles. The first-order valence-electron chi connectivity index (χ1n) is 8.46. The van der Waals surface area contributed by atoms with Gasteiger partial charge in [-0.2, -0.15) is 0 Å². The van der Waals surface area contributed by atoms with Crippen LogP contribution < -0.4 is 0 Å². The fourth-order valence-corrected chi connectivity index (χ4v) is 1.63. The molecule has 0 bridgehead atoms. The van der Waals surface area contributed by atoms with E-state index < -0.39 is 35.2 Å². The predicted octanol–water partition coefficient (Wildman–Crippen LogP) is 2.64. The molecular weight excluding hydrogens is 328 g/mol. The molecule has 2 unspecified atom stereocenters. The maximum atomic E-state index is 11.9. The predicted molar refractivity (Wildman–Crippen MR) is 91.8 cm³/mol. The number of hydrogen-bond acceptors (Lipinski definition) is 7. The molecule has 0 saturated carbocycles. The molecule has 7 heteroatoms. The lowest BCUT2D eigenvalue weighted by atomic mass is 9.97. The van der Waals surface area contributed by atoms with Gasteiger partial charge in [0.2, 0.25) is 0 Å². The molecule has 0 rings (SSSR count). The molecular formula is C18H32O7. The van der Waals surface area contributed by atoms with E-state index in [-0.39, 0.29) is 19.2 Å². The van der Waals surface area contributed by atoms with E-state index in [1.54, 1.807) is 27.7 Å². The molecule has 0 saturated heterocycles. The summed E-state index contributed by atoms with van der Waals surface area (Å²) in [6, 6.07) is 0. The zero-order valence-electron chi connectivity index (χ0n) is 16.6. The molecule has 7 nitrogen and oxygen atoms in total. The van der Waals surface area contributed by atoms with E-state index in [2.05, 4.69) is 0 Å². The van der Waals surface area contributed by atoms with Crippen LogP contribution in [0.25, 0.3) is 0 Å². The van der Waals surface area contributed by atoms with Gasteiger partial charge >= 0.3 is 17.9 Å². The zero-order valence-corrected chi connectivity index (χ0v) is 16.6. The molecule has 0 spiro atoms. The van der Waals surface area contributed by atoms with Gasteiger partial charge in [-0.25, -0.2) is 9.59 Å². The summed E-state index contributed by atoms with van der Waals surface area (Å²) >= 11 is 0. The third kappa shape index (κ3) is 10.8. The van der Waals surface area contributed by atoms with E-state index in [4.69, 9.17) is 18.9 Å². The van der Waals surface area contributed by atoms with E-state index in [1.807, 2.05) is 20.8 Å². The Morgan fingerprint density at radius 3 is 1.80 bits per heavy atom. The quantitative estimate of drug-likeness (QED) is 0.373. The van der Waals surface area contributed by atoms with Gasteiger partial charge in [-0.1, -0.05) is 0 Å². The van der Waals surface area contributed by atoms with E-state index >= 15 is 0 Å². The van der Waals surface area contributed by atoms with Crippen molar-refractivity contribution in [1.29, 1.82) is 0 Å². The van der Waals surface area contributed by atoms with Crippen molar-refractivity contribution in [1.82, 2.24) is 0 Å². The van der Waals surface area contributed by atoms with Crippen molar-refractivity contribution in [2.24, 2.45) is 5.41 Å². The van der Waals surface area contributed by atoms with E-state index in [0.717, 1.165) is 0 Å². The Hall–Kier alpha value is -1.63. The van der Waals surface area contributed by atoms with Crippen LogP contribution in [0.1, 0.15) is 61.8 Å². The van der Waals surface area contributed by atoms with Crippen LogP contribution in [-0.2, 0) is 33.3 Å². The minimum atomic E-state index is -1.03. The summed E-state index contributed by atoms with van der Waals surface area (Å²) in [5, 5.41) is 0. The molecule has 0 fully saturated rings. The highest BCUT2D eigenvalue weighted by Gasteiger charge is 2.27. The summed E-state index contributed by atoms with van der Waals surface area (Å²) in [5.74, 6) is -1.59. The molecule has 0 radical (unpaired) electrons. The highest BCUT2D eigenvalue weighted by Crippen LogP contribution is 2.15. The Labute approximate surface area is 150 Å². The number of carbonyl (C=O) groups excluding carboxylic acids is 3. The van der Waals surface area contributed by atoms with Crippen LogP contribution in [-0.4, -0.2) is 48.9 Å². The average molecular weight is 360 g/mol. The summed E-state index contributed by atoms with van der Waals surface area (Å²) in [4.78, 5) is 35.2. The van der Waals surface area contributed by atoms with Gasteiger partial charge in [0, 0.05) is 6.42 Å². The Bertz CT molecular complexity index is 457. The maximum Gasteiger partial charge on any atom is 0.347 e. The van der Waals surface area contributed by atoms with Gasteiger partial charge in [0.15, 0.2) is 12.2 Å². The lowest BCUT2D eigenvalue weighted by Crippen LogP contribution is -2.36. The van der Waals surface area contributed by atoms with E-state index in [0.29, 0.717) is 6.42 Å². The smallest absolute Gasteiger partial charge is 0.347 e. The SMILES string of the molecule is CC(OC(=O)C(C)OC(C)(C)C)C(=O)OCCCOC(=O)C(C)(C)C. The second-order valence-corrected chi connectivity index (χ2v) is 7.86. The molecule has 0 aliphatic carbocycles. The zero-order chi connectivity index (χ0) is 19.8. The third-order valence-electron chi connectivity index (χ3n) is 2.87. The van der Waals surface area contributed by atoms with Crippen LogP contribution in [0.4, 0.5) is 0 Å². The highest BCUT2D eigenvalue weighted by molar-refractivity contribution is 5.80. The van der Waals surface area contributed by atoms with Crippen molar-refractivity contribution < 1.29 is 33.3 Å². The normalized spacial score (nSPS) is 14.4. The van der Waals surface area contributed by atoms with Crippen LogP contribution in [0.2, 0.25) is 0 Å². The van der Waals surface area contributed by atoms with Crippen molar-refractivity contribution in [3.05, 3.63) is 0 Å². The molecule has 0 aliphatic rings. The fraction of sp³-hybridized carbons (Fsp3) is 0.833. The van der Waals surface area contributed by atoms with E-state index in [9.17, 15) is 14.4 Å². The highest BCUT2D eigenvalue weighted by atomic mass is 16.6. The molecule has 0 aromatic heterocycles. The van der Waals surface area contributed by atoms with Crippen LogP contribution in [0.15, 0.2) is 0 Å².